The van der Waals surface area contributed by atoms with Crippen molar-refractivity contribution in [1.82, 2.24) is 0 Å². The molecule has 1 aliphatic rings. The molecule has 0 unspecified atom stereocenters. The first kappa shape index (κ1) is 20.4. The minimum atomic E-state index is -0.953. The number of Topliss-reactive ketones (excluding diaryl/α,β-unsaturated/α-hetero) is 1. The van der Waals surface area contributed by atoms with Gasteiger partial charge in [0.15, 0.2) is 6.10 Å². The first-order valence-electron chi connectivity index (χ1n) is 8.83. The molecule has 0 radical (unpaired) electrons. The normalized spacial score (nSPS) is 17.5. The van der Waals surface area contributed by atoms with E-state index in [0.717, 1.165) is 5.56 Å². The fraction of sp³-hybridized carbons (Fsp3) is 0.286. The molecule has 1 fully saturated rings. The summed E-state index contributed by atoms with van der Waals surface area (Å²) in [7, 11) is 0. The van der Waals surface area contributed by atoms with E-state index in [-0.39, 0.29) is 24.7 Å². The number of rotatable bonds is 5. The SMILES string of the molecule is Cc1c(Cl)cccc1N1C[C@@H](C(=O)O[C@@H](C)C(=O)c2ccc(Cl)cc2)CC1=O. The third kappa shape index (κ3) is 4.21. The van der Waals surface area contributed by atoms with Crippen molar-refractivity contribution in [2.45, 2.75) is 26.4 Å². The molecule has 0 spiro atoms. The zero-order valence-corrected chi connectivity index (χ0v) is 17.0. The van der Waals surface area contributed by atoms with Crippen molar-refractivity contribution in [2.24, 2.45) is 5.92 Å². The third-order valence-corrected chi connectivity index (χ3v) is 5.44. The molecule has 0 bridgehead atoms. The molecular weight excluding hydrogens is 401 g/mol. The van der Waals surface area contributed by atoms with E-state index in [1.807, 2.05) is 6.92 Å². The number of benzene rings is 2. The van der Waals surface area contributed by atoms with Gasteiger partial charge in [-0.1, -0.05) is 29.3 Å². The third-order valence-electron chi connectivity index (χ3n) is 4.78. The highest BCUT2D eigenvalue weighted by Gasteiger charge is 2.38. The van der Waals surface area contributed by atoms with E-state index < -0.39 is 18.0 Å². The molecule has 0 N–H and O–H groups in total. The van der Waals surface area contributed by atoms with E-state index in [1.54, 1.807) is 47.4 Å². The lowest BCUT2D eigenvalue weighted by atomic mass is 10.1. The molecule has 1 amide bonds. The van der Waals surface area contributed by atoms with E-state index in [2.05, 4.69) is 0 Å². The number of hydrogen-bond donors (Lipinski definition) is 0. The van der Waals surface area contributed by atoms with Gasteiger partial charge in [0, 0.05) is 34.3 Å². The summed E-state index contributed by atoms with van der Waals surface area (Å²) in [6.45, 7) is 3.54. The number of ether oxygens (including phenoxy) is 1. The van der Waals surface area contributed by atoms with Crippen molar-refractivity contribution in [3.63, 3.8) is 0 Å². The van der Waals surface area contributed by atoms with Gasteiger partial charge in [-0.15, -0.1) is 0 Å². The van der Waals surface area contributed by atoms with Crippen LogP contribution in [0.15, 0.2) is 42.5 Å². The summed E-state index contributed by atoms with van der Waals surface area (Å²) in [6.07, 6.45) is -0.919. The summed E-state index contributed by atoms with van der Waals surface area (Å²) < 4.78 is 5.34. The van der Waals surface area contributed by atoms with Gasteiger partial charge < -0.3 is 9.64 Å². The Labute approximate surface area is 173 Å². The average molecular weight is 420 g/mol. The van der Waals surface area contributed by atoms with Gasteiger partial charge in [0.25, 0.3) is 0 Å². The summed E-state index contributed by atoms with van der Waals surface area (Å²) in [4.78, 5) is 38.9. The summed E-state index contributed by atoms with van der Waals surface area (Å²) in [5.74, 6) is -1.70. The second-order valence-corrected chi connectivity index (χ2v) is 7.58. The van der Waals surface area contributed by atoms with E-state index in [4.69, 9.17) is 27.9 Å². The average Bonchev–Trinajstić information content (AvgIpc) is 3.05. The van der Waals surface area contributed by atoms with E-state index in [0.29, 0.717) is 21.3 Å². The van der Waals surface area contributed by atoms with Crippen LogP contribution in [0.25, 0.3) is 0 Å². The molecular formula is C21H19Cl2NO4. The van der Waals surface area contributed by atoms with Crippen molar-refractivity contribution < 1.29 is 19.1 Å². The Kier molecular flexibility index (Phi) is 6.06. The lowest BCUT2D eigenvalue weighted by Crippen LogP contribution is -2.30. The Balaban J connectivity index is 1.66. The minimum absolute atomic E-state index is 0.0344. The molecule has 2 aromatic rings. The second-order valence-electron chi connectivity index (χ2n) is 6.74. The van der Waals surface area contributed by atoms with Crippen LogP contribution in [0.3, 0.4) is 0 Å². The van der Waals surface area contributed by atoms with E-state index >= 15 is 0 Å². The fourth-order valence-corrected chi connectivity index (χ4v) is 3.46. The predicted molar refractivity (Wildman–Crippen MR) is 108 cm³/mol. The molecule has 1 heterocycles. The number of hydrogen-bond acceptors (Lipinski definition) is 4. The van der Waals surface area contributed by atoms with Crippen LogP contribution in [0.4, 0.5) is 5.69 Å². The van der Waals surface area contributed by atoms with Crippen molar-refractivity contribution in [3.05, 3.63) is 63.6 Å². The molecule has 0 aliphatic carbocycles. The van der Waals surface area contributed by atoms with Crippen molar-refractivity contribution in [1.29, 1.82) is 0 Å². The molecule has 0 saturated carbocycles. The van der Waals surface area contributed by atoms with Crippen LogP contribution in [0.1, 0.15) is 29.3 Å². The highest BCUT2D eigenvalue weighted by atomic mass is 35.5. The maximum absolute atomic E-state index is 12.5. The first-order valence-corrected chi connectivity index (χ1v) is 9.59. The van der Waals surface area contributed by atoms with Gasteiger partial charge in [-0.05, 0) is 55.8 Å². The first-order chi connectivity index (χ1) is 13.3. The molecule has 3 rings (SSSR count). The Bertz CT molecular complexity index is 927. The Hall–Kier alpha value is -2.37. The minimum Gasteiger partial charge on any atom is -0.454 e. The van der Waals surface area contributed by atoms with Gasteiger partial charge in [-0.2, -0.15) is 0 Å². The van der Waals surface area contributed by atoms with E-state index in [1.165, 1.54) is 6.92 Å². The Morgan fingerprint density at radius 1 is 1.14 bits per heavy atom. The number of nitrogens with zero attached hydrogens (tertiary/aromatic N) is 1. The number of halogens is 2. The summed E-state index contributed by atoms with van der Waals surface area (Å²) in [6, 6.07) is 11.7. The van der Waals surface area contributed by atoms with Crippen LogP contribution in [-0.4, -0.2) is 30.3 Å². The van der Waals surface area contributed by atoms with Crippen LogP contribution >= 0.6 is 23.2 Å². The van der Waals surface area contributed by atoms with Crippen LogP contribution in [0.2, 0.25) is 10.0 Å². The number of carbonyl (C=O) groups is 3. The van der Waals surface area contributed by atoms with Crippen molar-refractivity contribution in [3.8, 4) is 0 Å². The number of ketones is 1. The molecule has 0 aromatic heterocycles. The monoisotopic (exact) mass is 419 g/mol. The smallest absolute Gasteiger partial charge is 0.312 e. The molecule has 1 aliphatic heterocycles. The lowest BCUT2D eigenvalue weighted by Gasteiger charge is -2.20. The van der Waals surface area contributed by atoms with Crippen molar-refractivity contribution >= 4 is 46.5 Å². The summed E-state index contributed by atoms with van der Waals surface area (Å²) in [5, 5.41) is 1.07. The molecule has 28 heavy (non-hydrogen) atoms. The van der Waals surface area contributed by atoms with Crippen LogP contribution in [-0.2, 0) is 14.3 Å². The summed E-state index contributed by atoms with van der Waals surface area (Å²) in [5.41, 5.74) is 1.86. The number of amides is 1. The maximum Gasteiger partial charge on any atom is 0.312 e. The zero-order valence-electron chi connectivity index (χ0n) is 15.4. The molecule has 146 valence electrons. The predicted octanol–water partition coefficient (Wildman–Crippen LogP) is 4.47. The van der Waals surface area contributed by atoms with Gasteiger partial charge in [-0.3, -0.25) is 14.4 Å². The zero-order chi connectivity index (χ0) is 20.4. The van der Waals surface area contributed by atoms with Gasteiger partial charge in [0.2, 0.25) is 11.7 Å². The van der Waals surface area contributed by atoms with Crippen LogP contribution in [0.5, 0.6) is 0 Å². The molecule has 1 saturated heterocycles. The van der Waals surface area contributed by atoms with Gasteiger partial charge in [0.1, 0.15) is 0 Å². The van der Waals surface area contributed by atoms with Crippen molar-refractivity contribution in [2.75, 3.05) is 11.4 Å². The number of esters is 1. The Morgan fingerprint density at radius 3 is 2.50 bits per heavy atom. The molecule has 2 atom stereocenters. The largest absolute Gasteiger partial charge is 0.454 e. The Morgan fingerprint density at radius 2 is 1.82 bits per heavy atom. The highest BCUT2D eigenvalue weighted by molar-refractivity contribution is 6.32. The standard InChI is InChI=1S/C21H19Cl2NO4/c1-12-17(23)4-3-5-18(12)24-11-15(10-19(24)25)21(27)28-13(2)20(26)14-6-8-16(22)9-7-14/h3-9,13,15H,10-11H2,1-2H3/t13-,15-/m0/s1. The van der Waals surface area contributed by atoms with Gasteiger partial charge in [-0.25, -0.2) is 0 Å². The number of anilines is 1. The quantitative estimate of drug-likeness (QED) is 0.529. The molecule has 7 heteroatoms. The lowest BCUT2D eigenvalue weighted by molar-refractivity contribution is -0.151. The van der Waals surface area contributed by atoms with Crippen LogP contribution in [0, 0.1) is 12.8 Å². The van der Waals surface area contributed by atoms with Crippen LogP contribution < -0.4 is 4.90 Å². The summed E-state index contributed by atoms with van der Waals surface area (Å²) >= 11 is 12.0. The second kappa shape index (κ2) is 8.33. The maximum atomic E-state index is 12.5. The molecule has 2 aromatic carbocycles. The highest BCUT2D eigenvalue weighted by Crippen LogP contribution is 2.32. The number of carbonyl (C=O) groups excluding carboxylic acids is 3. The van der Waals surface area contributed by atoms with E-state index in [9.17, 15) is 14.4 Å². The molecule has 5 nitrogen and oxygen atoms in total. The fourth-order valence-electron chi connectivity index (χ4n) is 3.16. The van der Waals surface area contributed by atoms with Gasteiger partial charge >= 0.3 is 5.97 Å². The topological polar surface area (TPSA) is 63.7 Å². The van der Waals surface area contributed by atoms with Gasteiger partial charge in [0.05, 0.1) is 5.92 Å².